The molecule has 8 heteroatoms. The maximum Gasteiger partial charge on any atom is 0.193 e. The Morgan fingerprint density at radius 1 is 1.28 bits per heavy atom. The van der Waals surface area contributed by atoms with Crippen LogP contribution >= 0.6 is 0 Å². The lowest BCUT2D eigenvalue weighted by Crippen LogP contribution is -2.48. The summed E-state index contributed by atoms with van der Waals surface area (Å²) in [4.78, 5) is 6.45. The number of piperidine rings is 1. The molecule has 2 saturated heterocycles. The normalized spacial score (nSPS) is 23.7. The van der Waals surface area contributed by atoms with Crippen LogP contribution < -0.4 is 5.32 Å². The van der Waals surface area contributed by atoms with Gasteiger partial charge in [-0.05, 0) is 32.1 Å². The van der Waals surface area contributed by atoms with E-state index in [1.165, 1.54) is 12.8 Å². The Balaban J connectivity index is 1.67. The number of likely N-dealkylation sites (tertiary alicyclic amines) is 1. The number of nitrogens with one attached hydrogen (secondary N) is 1. The molecule has 0 aromatic rings. The highest BCUT2D eigenvalue weighted by molar-refractivity contribution is 7.91. The van der Waals surface area contributed by atoms with Crippen LogP contribution in [0.4, 0.5) is 0 Å². The molecule has 1 atom stereocenters. The van der Waals surface area contributed by atoms with Gasteiger partial charge in [-0.15, -0.1) is 0 Å². The summed E-state index contributed by atoms with van der Waals surface area (Å²) in [6, 6.07) is 0. The summed E-state index contributed by atoms with van der Waals surface area (Å²) in [5.74, 6) is 1.10. The molecule has 146 valence electrons. The number of nitrogens with zero attached hydrogens (tertiary/aromatic N) is 2. The fourth-order valence-electron chi connectivity index (χ4n) is 3.21. The van der Waals surface area contributed by atoms with E-state index in [4.69, 9.17) is 9.47 Å². The summed E-state index contributed by atoms with van der Waals surface area (Å²) in [6.45, 7) is 5.38. The molecule has 0 spiro atoms. The van der Waals surface area contributed by atoms with E-state index in [1.807, 2.05) is 0 Å². The van der Waals surface area contributed by atoms with Crippen LogP contribution in [0, 0.1) is 0 Å². The molecular weight excluding hydrogens is 342 g/mol. The van der Waals surface area contributed by atoms with Gasteiger partial charge in [-0.2, -0.15) is 0 Å². The number of rotatable bonds is 7. The van der Waals surface area contributed by atoms with Gasteiger partial charge in [-0.25, -0.2) is 8.42 Å². The topological polar surface area (TPSA) is 80.2 Å². The van der Waals surface area contributed by atoms with Crippen LogP contribution in [0.25, 0.3) is 0 Å². The number of sulfone groups is 1. The van der Waals surface area contributed by atoms with Gasteiger partial charge in [-0.3, -0.25) is 4.99 Å². The fourth-order valence-corrected chi connectivity index (χ4v) is 3.91. The first-order valence-electron chi connectivity index (χ1n) is 9.43. The van der Waals surface area contributed by atoms with Crippen molar-refractivity contribution < 1.29 is 17.9 Å². The Bertz CT molecular complexity index is 510. The Morgan fingerprint density at radius 3 is 2.64 bits per heavy atom. The number of guanidine groups is 1. The van der Waals surface area contributed by atoms with Crippen LogP contribution in [0.3, 0.4) is 0 Å². The van der Waals surface area contributed by atoms with E-state index in [2.05, 4.69) is 15.2 Å². The molecule has 25 heavy (non-hydrogen) atoms. The molecule has 2 aliphatic rings. The third-order valence-electron chi connectivity index (χ3n) is 4.88. The van der Waals surface area contributed by atoms with E-state index in [-0.39, 0.29) is 23.7 Å². The Labute approximate surface area is 152 Å². The quantitative estimate of drug-likeness (QED) is 0.529. The summed E-state index contributed by atoms with van der Waals surface area (Å²) in [5.41, 5.74) is 0. The van der Waals surface area contributed by atoms with Crippen LogP contribution in [-0.4, -0.2) is 82.9 Å². The van der Waals surface area contributed by atoms with Crippen molar-refractivity contribution in [3.8, 4) is 0 Å². The van der Waals surface area contributed by atoms with E-state index >= 15 is 0 Å². The van der Waals surface area contributed by atoms with Crippen LogP contribution in [0.2, 0.25) is 0 Å². The minimum absolute atomic E-state index is 0.142. The molecule has 0 aliphatic carbocycles. The van der Waals surface area contributed by atoms with Crippen molar-refractivity contribution in [2.75, 3.05) is 51.4 Å². The highest BCUT2D eigenvalue weighted by Gasteiger charge is 2.23. The molecule has 0 aromatic carbocycles. The van der Waals surface area contributed by atoms with Gasteiger partial charge in [0, 0.05) is 39.0 Å². The zero-order valence-electron chi connectivity index (χ0n) is 15.6. The van der Waals surface area contributed by atoms with Gasteiger partial charge in [0.25, 0.3) is 0 Å². The largest absolute Gasteiger partial charge is 0.376 e. The van der Waals surface area contributed by atoms with Crippen molar-refractivity contribution in [1.82, 2.24) is 10.2 Å². The van der Waals surface area contributed by atoms with E-state index in [9.17, 15) is 8.42 Å². The first-order valence-corrected chi connectivity index (χ1v) is 11.3. The average molecular weight is 376 g/mol. The lowest BCUT2D eigenvalue weighted by molar-refractivity contribution is -0.0721. The molecule has 2 heterocycles. The van der Waals surface area contributed by atoms with Gasteiger partial charge >= 0.3 is 0 Å². The zero-order valence-corrected chi connectivity index (χ0v) is 16.4. The number of aliphatic imine (C=N–C) groups is 1. The molecule has 0 bridgehead atoms. The first-order chi connectivity index (χ1) is 12.0. The first kappa shape index (κ1) is 20.5. The molecule has 2 rings (SSSR count). The third-order valence-corrected chi connectivity index (χ3v) is 6.59. The van der Waals surface area contributed by atoms with Gasteiger partial charge in [0.1, 0.15) is 0 Å². The molecule has 2 aliphatic heterocycles. The second kappa shape index (κ2) is 10.3. The second-order valence-electron chi connectivity index (χ2n) is 6.72. The molecule has 1 unspecified atom stereocenters. The lowest BCUT2D eigenvalue weighted by atomic mass is 10.1. The number of hydrogen-bond donors (Lipinski definition) is 1. The van der Waals surface area contributed by atoms with Gasteiger partial charge in [0.2, 0.25) is 0 Å². The smallest absolute Gasteiger partial charge is 0.193 e. The Morgan fingerprint density at radius 2 is 2.04 bits per heavy atom. The van der Waals surface area contributed by atoms with Crippen molar-refractivity contribution >= 4 is 15.8 Å². The molecule has 1 N–H and O–H groups in total. The zero-order chi connectivity index (χ0) is 18.1. The van der Waals surface area contributed by atoms with Crippen LogP contribution in [0.5, 0.6) is 0 Å². The third kappa shape index (κ3) is 7.11. The average Bonchev–Trinajstić information content (AvgIpc) is 2.65. The SMILES string of the molecule is CCS(=O)(=O)CCNC(=NC)N1CCC(OCC2CCCCO2)CC1. The maximum absolute atomic E-state index is 11.6. The molecular formula is C17H33N3O4S. The van der Waals surface area contributed by atoms with Gasteiger partial charge in [-0.1, -0.05) is 6.92 Å². The van der Waals surface area contributed by atoms with Crippen LogP contribution in [0.15, 0.2) is 4.99 Å². The lowest BCUT2D eigenvalue weighted by Gasteiger charge is -2.35. The summed E-state index contributed by atoms with van der Waals surface area (Å²) in [6.07, 6.45) is 5.97. The molecule has 0 radical (unpaired) electrons. The van der Waals surface area contributed by atoms with Crippen LogP contribution in [-0.2, 0) is 19.3 Å². The van der Waals surface area contributed by atoms with E-state index in [0.29, 0.717) is 13.2 Å². The molecule has 0 saturated carbocycles. The van der Waals surface area contributed by atoms with Crippen molar-refractivity contribution in [2.45, 2.75) is 51.2 Å². The van der Waals surface area contributed by atoms with E-state index in [0.717, 1.165) is 44.9 Å². The second-order valence-corrected chi connectivity index (χ2v) is 9.19. The highest BCUT2D eigenvalue weighted by Crippen LogP contribution is 2.17. The number of hydrogen-bond acceptors (Lipinski definition) is 5. The predicted octanol–water partition coefficient (Wildman–Crippen LogP) is 1.05. The molecule has 7 nitrogen and oxygen atoms in total. The minimum Gasteiger partial charge on any atom is -0.376 e. The molecule has 2 fully saturated rings. The monoisotopic (exact) mass is 375 g/mol. The minimum atomic E-state index is -2.95. The maximum atomic E-state index is 11.6. The van der Waals surface area contributed by atoms with E-state index < -0.39 is 9.84 Å². The summed E-state index contributed by atoms with van der Waals surface area (Å²) in [5, 5.41) is 3.16. The van der Waals surface area contributed by atoms with E-state index in [1.54, 1.807) is 14.0 Å². The fraction of sp³-hybridized carbons (Fsp3) is 0.941. The molecule has 0 amide bonds. The van der Waals surface area contributed by atoms with Crippen molar-refractivity contribution in [3.63, 3.8) is 0 Å². The highest BCUT2D eigenvalue weighted by atomic mass is 32.2. The summed E-state index contributed by atoms with van der Waals surface area (Å²) in [7, 11) is -1.21. The van der Waals surface area contributed by atoms with Crippen molar-refractivity contribution in [1.29, 1.82) is 0 Å². The number of ether oxygens (including phenoxy) is 2. The standard InChI is InChI=1S/C17H33N3O4S/c1-3-25(21,22)13-9-19-17(18-2)20-10-7-15(8-11-20)24-14-16-6-4-5-12-23-16/h15-16H,3-14H2,1-2H3,(H,18,19). The Hall–Kier alpha value is -0.860. The summed E-state index contributed by atoms with van der Waals surface area (Å²) < 4.78 is 34.9. The molecule has 0 aromatic heterocycles. The Kier molecular flexibility index (Phi) is 8.45. The van der Waals surface area contributed by atoms with Gasteiger partial charge < -0.3 is 19.7 Å². The predicted molar refractivity (Wildman–Crippen MR) is 99.8 cm³/mol. The van der Waals surface area contributed by atoms with Gasteiger partial charge in [0.15, 0.2) is 15.8 Å². The summed E-state index contributed by atoms with van der Waals surface area (Å²) >= 11 is 0. The van der Waals surface area contributed by atoms with Crippen molar-refractivity contribution in [3.05, 3.63) is 0 Å². The van der Waals surface area contributed by atoms with Crippen LogP contribution in [0.1, 0.15) is 39.0 Å². The van der Waals surface area contributed by atoms with Gasteiger partial charge in [0.05, 0.1) is 24.6 Å². The van der Waals surface area contributed by atoms with Crippen molar-refractivity contribution in [2.24, 2.45) is 4.99 Å².